The first kappa shape index (κ1) is 13.2. The average Bonchev–Trinajstić information content (AvgIpc) is 2.53. The highest BCUT2D eigenvalue weighted by Crippen LogP contribution is 2.37. The van der Waals surface area contributed by atoms with Crippen LogP contribution >= 0.6 is 11.8 Å². The molecule has 1 aromatic heterocycles. The zero-order valence-electron chi connectivity index (χ0n) is 11.0. The molecule has 1 aliphatic rings. The number of thioether (sulfide) groups is 1. The number of nitrogens with zero attached hydrogens (tertiary/aromatic N) is 1. The Balaban J connectivity index is 1.69. The predicted molar refractivity (Wildman–Crippen MR) is 79.4 cm³/mol. The van der Waals surface area contributed by atoms with E-state index in [9.17, 15) is 4.79 Å². The van der Waals surface area contributed by atoms with Crippen molar-refractivity contribution in [3.05, 3.63) is 65.5 Å². The summed E-state index contributed by atoms with van der Waals surface area (Å²) in [6, 6.07) is 13.7. The number of esters is 1. The molecule has 0 saturated heterocycles. The number of pyridine rings is 1. The van der Waals surface area contributed by atoms with Gasteiger partial charge >= 0.3 is 5.97 Å². The number of aromatic nitrogens is 1. The van der Waals surface area contributed by atoms with Gasteiger partial charge in [-0.15, -0.1) is 11.8 Å². The topological polar surface area (TPSA) is 39.2 Å². The zero-order chi connectivity index (χ0) is 13.8. The van der Waals surface area contributed by atoms with Crippen LogP contribution in [0.15, 0.2) is 48.7 Å². The third-order valence-corrected chi connectivity index (χ3v) is 4.52. The first-order valence-corrected chi connectivity index (χ1v) is 7.65. The molecule has 1 aliphatic heterocycles. The number of ether oxygens (including phenoxy) is 1. The van der Waals surface area contributed by atoms with E-state index >= 15 is 0 Å². The van der Waals surface area contributed by atoms with E-state index in [0.717, 1.165) is 23.4 Å². The largest absolute Gasteiger partial charge is 0.458 e. The van der Waals surface area contributed by atoms with Gasteiger partial charge in [-0.3, -0.25) is 9.78 Å². The van der Waals surface area contributed by atoms with Crippen molar-refractivity contribution < 1.29 is 9.53 Å². The average molecular weight is 285 g/mol. The fraction of sp³-hybridized carbons (Fsp3) is 0.250. The highest BCUT2D eigenvalue weighted by atomic mass is 32.2. The van der Waals surface area contributed by atoms with E-state index in [2.05, 4.69) is 11.1 Å². The molecule has 2 heterocycles. The van der Waals surface area contributed by atoms with Gasteiger partial charge in [0.2, 0.25) is 0 Å². The number of benzene rings is 1. The summed E-state index contributed by atoms with van der Waals surface area (Å²) in [7, 11) is 0. The molecule has 0 radical (unpaired) electrons. The number of carbonyl (C=O) groups excluding carboxylic acids is 1. The second-order valence-corrected chi connectivity index (χ2v) is 5.84. The Morgan fingerprint density at radius 3 is 2.95 bits per heavy atom. The van der Waals surface area contributed by atoms with Crippen molar-refractivity contribution in [3.8, 4) is 0 Å². The summed E-state index contributed by atoms with van der Waals surface area (Å²) in [5.41, 5.74) is 3.12. The highest BCUT2D eigenvalue weighted by molar-refractivity contribution is 8.00. The molecule has 3 nitrogen and oxygen atoms in total. The number of hydrogen-bond acceptors (Lipinski definition) is 4. The van der Waals surface area contributed by atoms with E-state index in [4.69, 9.17) is 4.74 Å². The van der Waals surface area contributed by atoms with Crippen molar-refractivity contribution in [2.45, 2.75) is 18.3 Å². The normalized spacial score (nSPS) is 17.3. The van der Waals surface area contributed by atoms with Crippen molar-refractivity contribution in [3.63, 3.8) is 0 Å². The molecule has 4 heteroatoms. The molecule has 1 aromatic carbocycles. The van der Waals surface area contributed by atoms with E-state index in [1.807, 2.05) is 36.4 Å². The molecule has 102 valence electrons. The lowest BCUT2D eigenvalue weighted by molar-refractivity contribution is -0.144. The molecule has 3 rings (SSSR count). The lowest BCUT2D eigenvalue weighted by Gasteiger charge is -2.23. The maximum atomic E-state index is 12.3. The van der Waals surface area contributed by atoms with Crippen molar-refractivity contribution in [2.24, 2.45) is 0 Å². The summed E-state index contributed by atoms with van der Waals surface area (Å²) in [5, 5.41) is -0.205. The Kier molecular flexibility index (Phi) is 4.02. The first-order chi connectivity index (χ1) is 9.84. The molecule has 0 bridgehead atoms. The van der Waals surface area contributed by atoms with E-state index in [1.165, 1.54) is 5.56 Å². The van der Waals surface area contributed by atoms with Gasteiger partial charge in [0.1, 0.15) is 11.9 Å². The summed E-state index contributed by atoms with van der Waals surface area (Å²) < 4.78 is 5.40. The molecule has 0 amide bonds. The Morgan fingerprint density at radius 2 is 2.10 bits per heavy atom. The number of fused-ring (bicyclic) bond motifs is 1. The summed E-state index contributed by atoms with van der Waals surface area (Å²) in [5.74, 6) is 0.785. The van der Waals surface area contributed by atoms with Crippen LogP contribution in [-0.4, -0.2) is 16.7 Å². The van der Waals surface area contributed by atoms with Gasteiger partial charge in [0.25, 0.3) is 0 Å². The van der Waals surface area contributed by atoms with Crippen molar-refractivity contribution in [2.75, 3.05) is 5.75 Å². The van der Waals surface area contributed by atoms with Gasteiger partial charge < -0.3 is 4.74 Å². The van der Waals surface area contributed by atoms with Crippen molar-refractivity contribution >= 4 is 17.7 Å². The maximum Gasteiger partial charge on any atom is 0.324 e. The van der Waals surface area contributed by atoms with Gasteiger partial charge in [-0.25, -0.2) is 0 Å². The maximum absolute atomic E-state index is 12.3. The SMILES string of the molecule is O=C(OCc1ccccn1)[C@@H]1SCCc2ccccc21. The second-order valence-electron chi connectivity index (χ2n) is 4.63. The molecular weight excluding hydrogens is 270 g/mol. The molecule has 0 fully saturated rings. The Hall–Kier alpha value is -1.81. The van der Waals surface area contributed by atoms with Gasteiger partial charge in [-0.2, -0.15) is 0 Å². The van der Waals surface area contributed by atoms with E-state index in [1.54, 1.807) is 18.0 Å². The van der Waals surface area contributed by atoms with Crippen LogP contribution < -0.4 is 0 Å². The Labute approximate surface area is 122 Å². The zero-order valence-corrected chi connectivity index (χ0v) is 11.8. The molecule has 20 heavy (non-hydrogen) atoms. The predicted octanol–water partition coefficient (Wildman–Crippen LogP) is 3.16. The molecule has 2 aromatic rings. The molecule has 0 N–H and O–H groups in total. The fourth-order valence-electron chi connectivity index (χ4n) is 2.29. The summed E-state index contributed by atoms with van der Waals surface area (Å²) in [4.78, 5) is 16.4. The van der Waals surface area contributed by atoms with Crippen LogP contribution in [0.1, 0.15) is 22.1 Å². The van der Waals surface area contributed by atoms with E-state index in [-0.39, 0.29) is 17.8 Å². The lowest BCUT2D eigenvalue weighted by atomic mass is 10.0. The Bertz CT molecular complexity index is 600. The van der Waals surface area contributed by atoms with Crippen LogP contribution in [0.3, 0.4) is 0 Å². The van der Waals surface area contributed by atoms with Gasteiger partial charge in [0.05, 0.1) is 5.69 Å². The van der Waals surface area contributed by atoms with Crippen LogP contribution in [0.25, 0.3) is 0 Å². The van der Waals surface area contributed by atoms with Crippen LogP contribution in [0.4, 0.5) is 0 Å². The summed E-state index contributed by atoms with van der Waals surface area (Å²) in [6.45, 7) is 0.235. The number of carbonyl (C=O) groups is 1. The highest BCUT2D eigenvalue weighted by Gasteiger charge is 2.28. The number of hydrogen-bond donors (Lipinski definition) is 0. The molecule has 0 spiro atoms. The van der Waals surface area contributed by atoms with Gasteiger partial charge in [0.15, 0.2) is 0 Å². The van der Waals surface area contributed by atoms with Crippen LogP contribution in [0.2, 0.25) is 0 Å². The smallest absolute Gasteiger partial charge is 0.324 e. The quantitative estimate of drug-likeness (QED) is 0.812. The van der Waals surface area contributed by atoms with Gasteiger partial charge in [-0.05, 0) is 35.4 Å². The minimum absolute atomic E-state index is 0.173. The lowest BCUT2D eigenvalue weighted by Crippen LogP contribution is -2.19. The molecule has 0 aliphatic carbocycles. The first-order valence-electron chi connectivity index (χ1n) is 6.60. The third kappa shape index (κ3) is 2.85. The minimum atomic E-state index is -0.205. The monoisotopic (exact) mass is 285 g/mol. The van der Waals surface area contributed by atoms with Gasteiger partial charge in [0, 0.05) is 6.20 Å². The summed E-state index contributed by atoms with van der Waals surface area (Å²) in [6.07, 6.45) is 2.72. The van der Waals surface area contributed by atoms with Crippen molar-refractivity contribution in [1.82, 2.24) is 4.98 Å². The standard InChI is InChI=1S/C16H15NO2S/c18-16(19-11-13-6-3-4-9-17-13)15-14-7-2-1-5-12(14)8-10-20-15/h1-7,9,15H,8,10-11H2/t15-/m1/s1. The van der Waals surface area contributed by atoms with E-state index in [0.29, 0.717) is 0 Å². The molecule has 1 atom stereocenters. The van der Waals surface area contributed by atoms with Crippen molar-refractivity contribution in [1.29, 1.82) is 0 Å². The minimum Gasteiger partial charge on any atom is -0.458 e. The van der Waals surface area contributed by atoms with Gasteiger partial charge in [-0.1, -0.05) is 30.3 Å². The van der Waals surface area contributed by atoms with Crippen LogP contribution in [0, 0.1) is 0 Å². The molecule has 0 saturated carbocycles. The van der Waals surface area contributed by atoms with Crippen LogP contribution in [0.5, 0.6) is 0 Å². The molecular formula is C16H15NO2S. The summed E-state index contributed by atoms with van der Waals surface area (Å²) >= 11 is 1.65. The molecule has 0 unspecified atom stereocenters. The number of aryl methyl sites for hydroxylation is 1. The number of rotatable bonds is 3. The van der Waals surface area contributed by atoms with Crippen LogP contribution in [-0.2, 0) is 22.6 Å². The van der Waals surface area contributed by atoms with E-state index < -0.39 is 0 Å². The second kappa shape index (κ2) is 6.09. The third-order valence-electron chi connectivity index (χ3n) is 3.30. The Morgan fingerprint density at radius 1 is 1.25 bits per heavy atom. The fourth-order valence-corrected chi connectivity index (χ4v) is 3.48.